The summed E-state index contributed by atoms with van der Waals surface area (Å²) in [6, 6.07) is 7.50. The molecule has 0 aromatic heterocycles. The third-order valence-electron chi connectivity index (χ3n) is 4.28. The van der Waals surface area contributed by atoms with E-state index in [-0.39, 0.29) is 17.4 Å². The zero-order valence-corrected chi connectivity index (χ0v) is 11.1. The van der Waals surface area contributed by atoms with Crippen LogP contribution in [0.5, 0.6) is 0 Å². The SMILES string of the molecule is O=C(O)c1cccc(CNC(=O)C2CC3CCC2N3)c1. The van der Waals surface area contributed by atoms with E-state index < -0.39 is 5.97 Å². The quantitative estimate of drug-likeness (QED) is 0.769. The largest absolute Gasteiger partial charge is 0.478 e. The predicted molar refractivity (Wildman–Crippen MR) is 73.3 cm³/mol. The number of aromatic carboxylic acids is 1. The summed E-state index contributed by atoms with van der Waals surface area (Å²) in [7, 11) is 0. The smallest absolute Gasteiger partial charge is 0.335 e. The maximum absolute atomic E-state index is 12.2. The second kappa shape index (κ2) is 5.25. The summed E-state index contributed by atoms with van der Waals surface area (Å²) >= 11 is 0. The van der Waals surface area contributed by atoms with Gasteiger partial charge in [0.05, 0.1) is 11.5 Å². The van der Waals surface area contributed by atoms with Gasteiger partial charge in [-0.1, -0.05) is 12.1 Å². The first-order valence-corrected chi connectivity index (χ1v) is 6.99. The maximum atomic E-state index is 12.2. The van der Waals surface area contributed by atoms with E-state index in [0.717, 1.165) is 18.4 Å². The van der Waals surface area contributed by atoms with Gasteiger partial charge in [-0.3, -0.25) is 4.79 Å². The Bertz CT molecular complexity index is 544. The van der Waals surface area contributed by atoms with E-state index in [9.17, 15) is 9.59 Å². The molecule has 106 valence electrons. The Kier molecular flexibility index (Phi) is 3.44. The highest BCUT2D eigenvalue weighted by Gasteiger charge is 2.42. The summed E-state index contributed by atoms with van der Waals surface area (Å²) < 4.78 is 0. The Labute approximate surface area is 117 Å². The molecule has 2 bridgehead atoms. The lowest BCUT2D eigenvalue weighted by Crippen LogP contribution is -2.37. The van der Waals surface area contributed by atoms with Gasteiger partial charge in [0.2, 0.25) is 5.91 Å². The topological polar surface area (TPSA) is 78.4 Å². The van der Waals surface area contributed by atoms with Gasteiger partial charge < -0.3 is 15.7 Å². The fourth-order valence-corrected chi connectivity index (χ4v) is 3.25. The number of hydrogen-bond acceptors (Lipinski definition) is 3. The summed E-state index contributed by atoms with van der Waals surface area (Å²) in [5, 5.41) is 15.3. The molecule has 1 aromatic carbocycles. The number of nitrogens with one attached hydrogen (secondary N) is 2. The molecule has 1 aromatic rings. The Hall–Kier alpha value is -1.88. The number of hydrogen-bond donors (Lipinski definition) is 3. The van der Waals surface area contributed by atoms with Crippen molar-refractivity contribution >= 4 is 11.9 Å². The van der Waals surface area contributed by atoms with E-state index in [4.69, 9.17) is 5.11 Å². The normalized spacial score (nSPS) is 27.5. The van der Waals surface area contributed by atoms with E-state index in [2.05, 4.69) is 10.6 Å². The fourth-order valence-electron chi connectivity index (χ4n) is 3.25. The molecule has 2 saturated heterocycles. The van der Waals surface area contributed by atoms with Crippen LogP contribution in [0.15, 0.2) is 24.3 Å². The molecule has 5 heteroatoms. The molecule has 0 spiro atoms. The van der Waals surface area contributed by atoms with Crippen LogP contribution in [0.2, 0.25) is 0 Å². The summed E-state index contributed by atoms with van der Waals surface area (Å²) in [5.74, 6) is -0.808. The van der Waals surface area contributed by atoms with Crippen LogP contribution in [-0.2, 0) is 11.3 Å². The van der Waals surface area contributed by atoms with Gasteiger partial charge in [-0.25, -0.2) is 4.79 Å². The fraction of sp³-hybridized carbons (Fsp3) is 0.467. The van der Waals surface area contributed by atoms with Crippen molar-refractivity contribution in [1.82, 2.24) is 10.6 Å². The van der Waals surface area contributed by atoms with E-state index in [1.807, 2.05) is 6.07 Å². The molecule has 3 N–H and O–H groups in total. The molecule has 2 heterocycles. The summed E-state index contributed by atoms with van der Waals surface area (Å²) in [6.45, 7) is 0.383. The van der Waals surface area contributed by atoms with E-state index in [0.29, 0.717) is 18.6 Å². The molecule has 3 rings (SSSR count). The Morgan fingerprint density at radius 2 is 2.20 bits per heavy atom. The Morgan fingerprint density at radius 1 is 1.35 bits per heavy atom. The molecule has 2 fully saturated rings. The van der Waals surface area contributed by atoms with Crippen LogP contribution in [0.3, 0.4) is 0 Å². The summed E-state index contributed by atoms with van der Waals surface area (Å²) in [5.41, 5.74) is 1.06. The number of amides is 1. The maximum Gasteiger partial charge on any atom is 0.335 e. The summed E-state index contributed by atoms with van der Waals surface area (Å²) in [4.78, 5) is 23.1. The monoisotopic (exact) mass is 274 g/mol. The number of carboxylic acids is 1. The first-order chi connectivity index (χ1) is 9.63. The first-order valence-electron chi connectivity index (χ1n) is 6.99. The zero-order valence-electron chi connectivity index (χ0n) is 11.1. The predicted octanol–water partition coefficient (Wildman–Crippen LogP) is 1.14. The van der Waals surface area contributed by atoms with Crippen LogP contribution >= 0.6 is 0 Å². The zero-order chi connectivity index (χ0) is 14.1. The number of benzene rings is 1. The van der Waals surface area contributed by atoms with Crippen molar-refractivity contribution in [3.8, 4) is 0 Å². The molecule has 2 aliphatic heterocycles. The molecule has 0 saturated carbocycles. The van der Waals surface area contributed by atoms with Gasteiger partial charge in [-0.05, 0) is 37.0 Å². The number of carboxylic acid groups (broad SMARTS) is 1. The van der Waals surface area contributed by atoms with Crippen molar-refractivity contribution < 1.29 is 14.7 Å². The lowest BCUT2D eigenvalue weighted by molar-refractivity contribution is -0.125. The van der Waals surface area contributed by atoms with Gasteiger partial charge in [0.15, 0.2) is 0 Å². The van der Waals surface area contributed by atoms with Gasteiger partial charge in [0.1, 0.15) is 0 Å². The van der Waals surface area contributed by atoms with Crippen molar-refractivity contribution in [1.29, 1.82) is 0 Å². The van der Waals surface area contributed by atoms with Crippen molar-refractivity contribution in [3.05, 3.63) is 35.4 Å². The van der Waals surface area contributed by atoms with Crippen molar-refractivity contribution in [3.63, 3.8) is 0 Å². The highest BCUT2D eigenvalue weighted by atomic mass is 16.4. The van der Waals surface area contributed by atoms with Crippen LogP contribution < -0.4 is 10.6 Å². The molecular weight excluding hydrogens is 256 g/mol. The Morgan fingerprint density at radius 3 is 2.85 bits per heavy atom. The number of carbonyl (C=O) groups is 2. The Balaban J connectivity index is 1.58. The average molecular weight is 274 g/mol. The van der Waals surface area contributed by atoms with Crippen LogP contribution in [0.4, 0.5) is 0 Å². The minimum atomic E-state index is -0.949. The lowest BCUT2D eigenvalue weighted by Gasteiger charge is -2.19. The van der Waals surface area contributed by atoms with E-state index >= 15 is 0 Å². The molecule has 3 atom stereocenters. The average Bonchev–Trinajstić information content (AvgIpc) is 3.07. The lowest BCUT2D eigenvalue weighted by atomic mass is 9.88. The second-order valence-electron chi connectivity index (χ2n) is 5.61. The summed E-state index contributed by atoms with van der Waals surface area (Å²) in [6.07, 6.45) is 3.18. The standard InChI is InChI=1S/C15H18N2O3/c18-14(12-7-11-4-5-13(12)17-11)16-8-9-2-1-3-10(6-9)15(19)20/h1-3,6,11-13,17H,4-5,7-8H2,(H,16,18)(H,19,20). The molecule has 3 unspecified atom stereocenters. The van der Waals surface area contributed by atoms with Gasteiger partial charge in [-0.15, -0.1) is 0 Å². The minimum Gasteiger partial charge on any atom is -0.478 e. The molecule has 5 nitrogen and oxygen atoms in total. The molecular formula is C15H18N2O3. The van der Waals surface area contributed by atoms with Gasteiger partial charge >= 0.3 is 5.97 Å². The van der Waals surface area contributed by atoms with Crippen molar-refractivity contribution in [2.75, 3.05) is 0 Å². The first kappa shape index (κ1) is 13.1. The number of rotatable bonds is 4. The van der Waals surface area contributed by atoms with Gasteiger partial charge in [0.25, 0.3) is 0 Å². The van der Waals surface area contributed by atoms with E-state index in [1.54, 1.807) is 18.2 Å². The highest BCUT2D eigenvalue weighted by Crippen LogP contribution is 2.33. The van der Waals surface area contributed by atoms with Gasteiger partial charge in [-0.2, -0.15) is 0 Å². The van der Waals surface area contributed by atoms with Crippen LogP contribution in [0.1, 0.15) is 35.2 Å². The molecule has 20 heavy (non-hydrogen) atoms. The second-order valence-corrected chi connectivity index (χ2v) is 5.61. The number of carbonyl (C=O) groups excluding carboxylic acids is 1. The van der Waals surface area contributed by atoms with Crippen molar-refractivity contribution in [2.24, 2.45) is 5.92 Å². The minimum absolute atomic E-state index is 0.0661. The van der Waals surface area contributed by atoms with Crippen molar-refractivity contribution in [2.45, 2.75) is 37.9 Å². The molecule has 0 aliphatic carbocycles. The third kappa shape index (κ3) is 2.54. The highest BCUT2D eigenvalue weighted by molar-refractivity contribution is 5.87. The van der Waals surface area contributed by atoms with Crippen LogP contribution in [-0.4, -0.2) is 29.1 Å². The number of fused-ring (bicyclic) bond motifs is 2. The van der Waals surface area contributed by atoms with E-state index in [1.165, 1.54) is 6.42 Å². The third-order valence-corrected chi connectivity index (χ3v) is 4.28. The molecule has 2 aliphatic rings. The van der Waals surface area contributed by atoms with Crippen LogP contribution in [0.25, 0.3) is 0 Å². The van der Waals surface area contributed by atoms with Gasteiger partial charge in [0, 0.05) is 18.6 Å². The van der Waals surface area contributed by atoms with Crippen LogP contribution in [0, 0.1) is 5.92 Å². The molecule has 1 amide bonds. The molecule has 0 radical (unpaired) electrons.